The minimum Gasteiger partial charge on any atom is -0.454 e. The summed E-state index contributed by atoms with van der Waals surface area (Å²) in [5, 5.41) is 11.4. The molecule has 0 aliphatic carbocycles. The van der Waals surface area contributed by atoms with Crippen molar-refractivity contribution in [3.05, 3.63) is 105 Å². The van der Waals surface area contributed by atoms with Gasteiger partial charge in [-0.25, -0.2) is 4.79 Å². The molecule has 0 atom stereocenters. The van der Waals surface area contributed by atoms with Crippen LogP contribution in [0.15, 0.2) is 81.9 Å². The highest BCUT2D eigenvalue weighted by Gasteiger charge is 2.20. The fraction of sp³-hybridized carbons (Fsp3) is 0.148. The lowest BCUT2D eigenvalue weighted by atomic mass is 10.1. The number of Topliss-reactive ketones (excluding diaryl/α,β-unsaturated/α-hetero) is 1. The largest absolute Gasteiger partial charge is 0.454 e. The Hall–Kier alpha value is -3.60. The zero-order valence-electron chi connectivity index (χ0n) is 18.8. The third-order valence-electron chi connectivity index (χ3n) is 5.44. The molecule has 2 aromatic carbocycles. The fourth-order valence-electron chi connectivity index (χ4n) is 3.66. The van der Waals surface area contributed by atoms with Crippen molar-refractivity contribution in [1.82, 2.24) is 4.57 Å². The van der Waals surface area contributed by atoms with Gasteiger partial charge in [-0.15, -0.1) is 11.3 Å². The van der Waals surface area contributed by atoms with Crippen LogP contribution in [-0.4, -0.2) is 22.9 Å². The average Bonchev–Trinajstić information content (AvgIpc) is 3.47. The van der Waals surface area contributed by atoms with Gasteiger partial charge in [0, 0.05) is 31.6 Å². The van der Waals surface area contributed by atoms with Crippen LogP contribution in [0.4, 0.5) is 0 Å². The number of aryl methyl sites for hydroxylation is 1. The summed E-state index contributed by atoms with van der Waals surface area (Å²) in [6, 6.07) is 22.3. The molecule has 0 unspecified atom stereocenters. The predicted molar refractivity (Wildman–Crippen MR) is 134 cm³/mol. The normalized spacial score (nSPS) is 10.6. The lowest BCUT2D eigenvalue weighted by Crippen LogP contribution is -2.15. The number of hydrogen-bond donors (Lipinski definition) is 0. The maximum Gasteiger partial charge on any atom is 0.339 e. The fourth-order valence-corrected chi connectivity index (χ4v) is 5.37. The van der Waals surface area contributed by atoms with Crippen LogP contribution in [-0.2, 0) is 11.3 Å². The SMILES string of the molecule is Cc1cc(C(=O)COC(=O)c2ccccc2Sc2ccccc2C#N)c(C)n1Cc1cccs1. The van der Waals surface area contributed by atoms with Gasteiger partial charge in [-0.1, -0.05) is 42.1 Å². The van der Waals surface area contributed by atoms with Crippen molar-refractivity contribution in [3.63, 3.8) is 0 Å². The van der Waals surface area contributed by atoms with E-state index in [9.17, 15) is 14.9 Å². The standard InChI is InChI=1S/C27H22N2O3S2/c1-18-14-23(19(2)29(18)16-21-9-7-13-33-21)24(30)17-32-27(31)22-10-4-6-12-26(22)34-25-11-5-3-8-20(25)15-28/h3-14H,16-17H2,1-2H3. The zero-order chi connectivity index (χ0) is 24.1. The molecule has 0 spiro atoms. The van der Waals surface area contributed by atoms with E-state index in [-0.39, 0.29) is 12.4 Å². The topological polar surface area (TPSA) is 72.1 Å². The summed E-state index contributed by atoms with van der Waals surface area (Å²) in [5.74, 6) is -0.808. The van der Waals surface area contributed by atoms with Crippen LogP contribution in [0.2, 0.25) is 0 Å². The van der Waals surface area contributed by atoms with E-state index in [1.165, 1.54) is 16.6 Å². The number of thiophene rings is 1. The second-order valence-corrected chi connectivity index (χ2v) is 9.77. The molecule has 0 saturated heterocycles. The van der Waals surface area contributed by atoms with Crippen molar-refractivity contribution in [2.24, 2.45) is 0 Å². The van der Waals surface area contributed by atoms with E-state index in [0.717, 1.165) is 16.3 Å². The van der Waals surface area contributed by atoms with Crippen molar-refractivity contribution in [1.29, 1.82) is 5.26 Å². The van der Waals surface area contributed by atoms with E-state index in [4.69, 9.17) is 4.74 Å². The van der Waals surface area contributed by atoms with Gasteiger partial charge in [0.1, 0.15) is 6.07 Å². The molecule has 2 heterocycles. The average molecular weight is 487 g/mol. The lowest BCUT2D eigenvalue weighted by molar-refractivity contribution is 0.0471. The summed E-state index contributed by atoms with van der Waals surface area (Å²) in [5.41, 5.74) is 3.29. The molecule has 0 fully saturated rings. The molecule has 4 rings (SSSR count). The molecule has 0 radical (unpaired) electrons. The van der Waals surface area contributed by atoms with Gasteiger partial charge in [0.25, 0.3) is 0 Å². The van der Waals surface area contributed by atoms with E-state index in [0.29, 0.717) is 28.1 Å². The van der Waals surface area contributed by atoms with Gasteiger partial charge < -0.3 is 9.30 Å². The smallest absolute Gasteiger partial charge is 0.339 e. The number of ether oxygens (including phenoxy) is 1. The van der Waals surface area contributed by atoms with Crippen LogP contribution in [0.1, 0.15) is 42.5 Å². The number of carbonyl (C=O) groups is 2. The highest BCUT2D eigenvalue weighted by Crippen LogP contribution is 2.33. The van der Waals surface area contributed by atoms with Crippen LogP contribution < -0.4 is 0 Å². The van der Waals surface area contributed by atoms with E-state index >= 15 is 0 Å². The number of hydrogen-bond acceptors (Lipinski definition) is 6. The highest BCUT2D eigenvalue weighted by atomic mass is 32.2. The van der Waals surface area contributed by atoms with Crippen molar-refractivity contribution < 1.29 is 14.3 Å². The molecule has 170 valence electrons. The Bertz CT molecular complexity index is 1380. The van der Waals surface area contributed by atoms with Crippen LogP contribution >= 0.6 is 23.1 Å². The van der Waals surface area contributed by atoms with E-state index < -0.39 is 5.97 Å². The number of ketones is 1. The Balaban J connectivity index is 1.47. The molecule has 7 heteroatoms. The number of carbonyl (C=O) groups excluding carboxylic acids is 2. The summed E-state index contributed by atoms with van der Waals surface area (Å²) in [7, 11) is 0. The zero-order valence-corrected chi connectivity index (χ0v) is 20.4. The number of aromatic nitrogens is 1. The molecule has 0 N–H and O–H groups in total. The Morgan fingerprint density at radius 3 is 2.47 bits per heavy atom. The molecular weight excluding hydrogens is 464 g/mol. The first-order chi connectivity index (χ1) is 16.5. The van der Waals surface area contributed by atoms with Crippen LogP contribution in [0, 0.1) is 25.2 Å². The van der Waals surface area contributed by atoms with E-state index in [1.54, 1.807) is 41.7 Å². The van der Waals surface area contributed by atoms with Crippen molar-refractivity contribution >= 4 is 34.9 Å². The molecular formula is C27H22N2O3S2. The Morgan fingerprint density at radius 1 is 1.00 bits per heavy atom. The molecule has 34 heavy (non-hydrogen) atoms. The number of nitriles is 1. The molecule has 0 aliphatic heterocycles. The summed E-state index contributed by atoms with van der Waals surface area (Å²) in [6.07, 6.45) is 0. The Kier molecular flexibility index (Phi) is 7.31. The molecule has 2 aromatic heterocycles. The van der Waals surface area contributed by atoms with Gasteiger partial charge in [-0.2, -0.15) is 5.26 Å². The van der Waals surface area contributed by atoms with Gasteiger partial charge in [-0.3, -0.25) is 4.79 Å². The second kappa shape index (κ2) is 10.6. The third-order valence-corrected chi connectivity index (χ3v) is 7.45. The molecule has 0 saturated carbocycles. The van der Waals surface area contributed by atoms with E-state index in [1.807, 2.05) is 49.6 Å². The quantitative estimate of drug-likeness (QED) is 0.217. The van der Waals surface area contributed by atoms with Crippen molar-refractivity contribution in [2.75, 3.05) is 6.61 Å². The Morgan fingerprint density at radius 2 is 1.74 bits per heavy atom. The first-order valence-corrected chi connectivity index (χ1v) is 12.3. The minimum atomic E-state index is -0.571. The number of esters is 1. The summed E-state index contributed by atoms with van der Waals surface area (Å²) >= 11 is 3.00. The molecule has 5 nitrogen and oxygen atoms in total. The lowest BCUT2D eigenvalue weighted by Gasteiger charge is -2.10. The van der Waals surface area contributed by atoms with Crippen LogP contribution in [0.5, 0.6) is 0 Å². The minimum absolute atomic E-state index is 0.237. The second-order valence-electron chi connectivity index (χ2n) is 7.66. The number of benzene rings is 2. The molecule has 0 bridgehead atoms. The maximum atomic E-state index is 12.9. The monoisotopic (exact) mass is 486 g/mol. The maximum absolute atomic E-state index is 12.9. The van der Waals surface area contributed by atoms with Crippen LogP contribution in [0.25, 0.3) is 0 Å². The predicted octanol–water partition coefficient (Wildman–Crippen LogP) is 6.28. The first-order valence-electron chi connectivity index (χ1n) is 10.6. The summed E-state index contributed by atoms with van der Waals surface area (Å²) in [4.78, 5) is 28.4. The molecule has 0 amide bonds. The van der Waals surface area contributed by atoms with Crippen molar-refractivity contribution in [2.45, 2.75) is 30.2 Å². The van der Waals surface area contributed by atoms with Crippen LogP contribution in [0.3, 0.4) is 0 Å². The van der Waals surface area contributed by atoms with Gasteiger partial charge in [0.05, 0.1) is 17.7 Å². The van der Waals surface area contributed by atoms with Gasteiger partial charge in [0.2, 0.25) is 5.78 Å². The van der Waals surface area contributed by atoms with Crippen molar-refractivity contribution in [3.8, 4) is 6.07 Å². The molecule has 0 aliphatic rings. The highest BCUT2D eigenvalue weighted by molar-refractivity contribution is 7.99. The van der Waals surface area contributed by atoms with Gasteiger partial charge in [0.15, 0.2) is 6.61 Å². The first kappa shape index (κ1) is 23.6. The molecule has 4 aromatic rings. The number of rotatable bonds is 8. The Labute approximate surface area is 206 Å². The summed E-state index contributed by atoms with van der Waals surface area (Å²) < 4.78 is 7.51. The third kappa shape index (κ3) is 5.14. The van der Waals surface area contributed by atoms with E-state index in [2.05, 4.69) is 16.7 Å². The van der Waals surface area contributed by atoms with Gasteiger partial charge >= 0.3 is 5.97 Å². The number of nitrogens with zero attached hydrogens (tertiary/aromatic N) is 2. The summed E-state index contributed by atoms with van der Waals surface area (Å²) in [6.45, 7) is 4.25. The van der Waals surface area contributed by atoms with Gasteiger partial charge in [-0.05, 0) is 55.6 Å².